The second kappa shape index (κ2) is 8.93. The lowest BCUT2D eigenvalue weighted by molar-refractivity contribution is -0.591. The molecule has 1 saturated heterocycles. The summed E-state index contributed by atoms with van der Waals surface area (Å²) in [5.74, 6) is -2.01. The normalized spacial score (nSPS) is 13.0. The third-order valence-corrected chi connectivity index (χ3v) is 3.54. The fraction of sp³-hybridized carbons (Fsp3) is 0.278. The van der Waals surface area contributed by atoms with Crippen LogP contribution in [0, 0.1) is 16.5 Å². The number of nitrogens with one attached hydrogen (secondary N) is 1. The first-order chi connectivity index (χ1) is 13.0. The summed E-state index contributed by atoms with van der Waals surface area (Å²) in [6, 6.07) is 8.47. The van der Waals surface area contributed by atoms with E-state index in [9.17, 15) is 18.5 Å². The minimum Gasteiger partial charge on any atom is -0.497 e. The largest absolute Gasteiger partial charge is 0.497 e. The number of halogens is 2. The minimum absolute atomic E-state index is 0.00790. The number of amides is 1. The molecule has 0 atom stereocenters. The van der Waals surface area contributed by atoms with E-state index in [4.69, 9.17) is 9.47 Å². The molecule has 9 heteroatoms. The van der Waals surface area contributed by atoms with Gasteiger partial charge < -0.3 is 9.47 Å². The third-order valence-electron chi connectivity index (χ3n) is 3.54. The zero-order valence-electron chi connectivity index (χ0n) is 15.2. The highest BCUT2D eigenvalue weighted by Crippen LogP contribution is 2.34. The number of hydrazine groups is 2. The number of carbonyl (C=O) groups excluding carboxylic acids is 1. The van der Waals surface area contributed by atoms with Gasteiger partial charge in [-0.2, -0.15) is 0 Å². The highest BCUT2D eigenvalue weighted by molar-refractivity contribution is 5.82. The average molecular weight is 380 g/mol. The summed E-state index contributed by atoms with van der Waals surface area (Å²) in [6.45, 7) is 3.61. The van der Waals surface area contributed by atoms with Gasteiger partial charge in [-0.1, -0.05) is 36.4 Å². The Balaban J connectivity index is 0.00000126. The second-order valence-corrected chi connectivity index (χ2v) is 5.24. The van der Waals surface area contributed by atoms with E-state index in [-0.39, 0.29) is 23.0 Å². The van der Waals surface area contributed by atoms with E-state index in [1.165, 1.54) is 7.11 Å². The lowest BCUT2D eigenvalue weighted by atomic mass is 10.2. The van der Waals surface area contributed by atoms with Crippen molar-refractivity contribution in [3.8, 4) is 11.5 Å². The number of hydrogen-bond acceptors (Lipinski definition) is 4. The van der Waals surface area contributed by atoms with E-state index in [0.29, 0.717) is 11.8 Å². The van der Waals surface area contributed by atoms with Crippen LogP contribution in [-0.4, -0.2) is 24.5 Å². The Labute approximate surface area is 155 Å². The SMILES string of the molecule is CC.COc1ccc(COc2cc(F)cc(F)c2N2CC(=O)N[N+]2=O)cc1. The van der Waals surface area contributed by atoms with Crippen molar-refractivity contribution in [1.29, 1.82) is 0 Å². The highest BCUT2D eigenvalue weighted by atomic mass is 19.1. The molecule has 7 nitrogen and oxygen atoms in total. The fourth-order valence-corrected chi connectivity index (χ4v) is 2.36. The molecule has 3 rings (SSSR count). The number of nitroso groups, excluding NO2 is 1. The topological polar surface area (TPSA) is 70.9 Å². The van der Waals surface area contributed by atoms with Crippen LogP contribution in [0.1, 0.15) is 19.4 Å². The van der Waals surface area contributed by atoms with Crippen LogP contribution in [0.15, 0.2) is 36.4 Å². The molecular formula is C18H20F2N3O4+. The number of nitrogens with zero attached hydrogens (tertiary/aromatic N) is 2. The van der Waals surface area contributed by atoms with Crippen LogP contribution in [0.25, 0.3) is 0 Å². The fourth-order valence-electron chi connectivity index (χ4n) is 2.36. The van der Waals surface area contributed by atoms with Gasteiger partial charge in [0.25, 0.3) is 4.98 Å². The van der Waals surface area contributed by atoms with Crippen molar-refractivity contribution in [1.82, 2.24) is 5.43 Å². The van der Waals surface area contributed by atoms with Gasteiger partial charge in [-0.05, 0) is 17.7 Å². The van der Waals surface area contributed by atoms with Gasteiger partial charge in [0, 0.05) is 12.1 Å². The van der Waals surface area contributed by atoms with Crippen LogP contribution in [-0.2, 0) is 11.4 Å². The van der Waals surface area contributed by atoms with Gasteiger partial charge in [0.1, 0.15) is 18.2 Å². The molecular weight excluding hydrogens is 360 g/mol. The second-order valence-electron chi connectivity index (χ2n) is 5.24. The van der Waals surface area contributed by atoms with Crippen molar-refractivity contribution in [3.05, 3.63) is 58.5 Å². The van der Waals surface area contributed by atoms with E-state index in [2.05, 4.69) is 0 Å². The zero-order valence-corrected chi connectivity index (χ0v) is 15.2. The maximum absolute atomic E-state index is 14.2. The zero-order chi connectivity index (χ0) is 20.0. The summed E-state index contributed by atoms with van der Waals surface area (Å²) < 4.78 is 38.3. The quantitative estimate of drug-likeness (QED) is 0.807. The van der Waals surface area contributed by atoms with Crippen molar-refractivity contribution in [3.63, 3.8) is 0 Å². The van der Waals surface area contributed by atoms with Crippen LogP contribution in [0.5, 0.6) is 11.5 Å². The van der Waals surface area contributed by atoms with Crippen LogP contribution in [0.2, 0.25) is 0 Å². The van der Waals surface area contributed by atoms with E-state index < -0.39 is 24.1 Å². The Hall–Kier alpha value is -3.23. The summed E-state index contributed by atoms with van der Waals surface area (Å²) >= 11 is 0. The molecule has 0 unspecified atom stereocenters. The Bertz CT molecular complexity index is 828. The molecule has 0 radical (unpaired) electrons. The predicted molar refractivity (Wildman–Crippen MR) is 94.1 cm³/mol. The van der Waals surface area contributed by atoms with E-state index in [1.807, 2.05) is 19.3 Å². The third kappa shape index (κ3) is 4.69. The lowest BCUT2D eigenvalue weighted by Gasteiger charge is -2.14. The summed E-state index contributed by atoms with van der Waals surface area (Å²) in [5, 5.41) is 0.792. The molecule has 1 aliphatic rings. The number of rotatable bonds is 5. The number of carbonyl (C=O) groups is 1. The molecule has 0 spiro atoms. The molecule has 0 aliphatic carbocycles. The molecule has 0 bridgehead atoms. The predicted octanol–water partition coefficient (Wildman–Crippen LogP) is 3.12. The summed E-state index contributed by atoms with van der Waals surface area (Å²) in [4.78, 5) is 23.1. The maximum atomic E-state index is 14.2. The van der Waals surface area contributed by atoms with Gasteiger partial charge in [0.2, 0.25) is 0 Å². The molecule has 27 heavy (non-hydrogen) atoms. The Morgan fingerprint density at radius 1 is 1.19 bits per heavy atom. The minimum atomic E-state index is -1.01. The highest BCUT2D eigenvalue weighted by Gasteiger charge is 2.40. The maximum Gasteiger partial charge on any atom is 0.307 e. The van der Waals surface area contributed by atoms with Gasteiger partial charge in [-0.15, -0.1) is 0 Å². The van der Waals surface area contributed by atoms with E-state index in [0.717, 1.165) is 16.6 Å². The van der Waals surface area contributed by atoms with E-state index >= 15 is 0 Å². The molecule has 1 N–H and O–H groups in total. The molecule has 1 aliphatic heterocycles. The summed E-state index contributed by atoms with van der Waals surface area (Å²) in [5.41, 5.74) is 2.37. The molecule has 1 fully saturated rings. The van der Waals surface area contributed by atoms with Crippen molar-refractivity contribution in [2.24, 2.45) is 0 Å². The Morgan fingerprint density at radius 3 is 2.41 bits per heavy atom. The molecule has 144 valence electrons. The lowest BCUT2D eigenvalue weighted by Crippen LogP contribution is -2.32. The summed E-state index contributed by atoms with van der Waals surface area (Å²) in [6.07, 6.45) is 0. The van der Waals surface area contributed by atoms with Crippen LogP contribution >= 0.6 is 0 Å². The van der Waals surface area contributed by atoms with Gasteiger partial charge in [-0.25, -0.2) is 8.78 Å². The molecule has 1 heterocycles. The van der Waals surface area contributed by atoms with Crippen molar-refractivity contribution >= 4 is 11.6 Å². The average Bonchev–Trinajstić information content (AvgIpc) is 2.99. The number of ether oxygens (including phenoxy) is 2. The van der Waals surface area contributed by atoms with Crippen LogP contribution < -0.4 is 19.9 Å². The van der Waals surface area contributed by atoms with E-state index in [1.54, 1.807) is 24.3 Å². The van der Waals surface area contributed by atoms with Crippen LogP contribution in [0.3, 0.4) is 0 Å². The Morgan fingerprint density at radius 2 is 1.85 bits per heavy atom. The van der Waals surface area contributed by atoms with Gasteiger partial charge >= 0.3 is 5.91 Å². The van der Waals surface area contributed by atoms with Crippen molar-refractivity contribution in [2.75, 3.05) is 18.7 Å². The summed E-state index contributed by atoms with van der Waals surface area (Å²) in [7, 11) is 1.54. The first-order valence-electron chi connectivity index (χ1n) is 8.27. The van der Waals surface area contributed by atoms with Crippen molar-refractivity contribution in [2.45, 2.75) is 20.5 Å². The van der Waals surface area contributed by atoms with Gasteiger partial charge in [0.15, 0.2) is 23.8 Å². The number of anilines is 1. The van der Waals surface area contributed by atoms with Gasteiger partial charge in [-0.3, -0.25) is 4.79 Å². The first-order valence-corrected chi connectivity index (χ1v) is 8.27. The standard InChI is InChI=1S/C16H13F2N3O4.C2H6/c1-24-12-4-2-10(3-5-12)9-25-14-7-11(17)6-13(18)16(14)20-8-15(22)19-21(20)23;1-2/h2-7H,8-9H2,1H3;1-2H3/p+1. The van der Waals surface area contributed by atoms with Crippen molar-refractivity contribution < 1.29 is 28.0 Å². The molecule has 1 amide bonds. The molecule has 0 aromatic heterocycles. The molecule has 2 aromatic carbocycles. The first kappa shape index (κ1) is 20.1. The molecule has 2 aromatic rings. The van der Waals surface area contributed by atoms with Crippen LogP contribution in [0.4, 0.5) is 14.5 Å². The van der Waals surface area contributed by atoms with Gasteiger partial charge in [0.05, 0.1) is 12.0 Å². The monoisotopic (exact) mass is 380 g/mol. The smallest absolute Gasteiger partial charge is 0.307 e. The Kier molecular flexibility index (Phi) is 6.64. The number of methoxy groups -OCH3 is 1. The molecule has 0 saturated carbocycles. The number of hydrogen-bond donors (Lipinski definition) is 1. The number of benzene rings is 2.